The molecular formula is C28H35BrN8O2. The third-order valence-corrected chi connectivity index (χ3v) is 7.48. The minimum atomic E-state index is -0.0216. The van der Waals surface area contributed by atoms with Crippen LogP contribution in [0.2, 0.25) is 0 Å². The molecule has 3 aromatic heterocycles. The number of aromatic nitrogens is 4. The van der Waals surface area contributed by atoms with Crippen LogP contribution in [0.1, 0.15) is 11.4 Å². The number of nitrogens with zero attached hydrogens (tertiary/aromatic N) is 5. The average molecular weight is 596 g/mol. The molecule has 1 aliphatic rings. The number of rotatable bonds is 9. The molecule has 0 spiro atoms. The highest BCUT2D eigenvalue weighted by Gasteiger charge is 2.19. The van der Waals surface area contributed by atoms with E-state index in [0.29, 0.717) is 25.4 Å². The van der Waals surface area contributed by atoms with Gasteiger partial charge in [0.15, 0.2) is 5.65 Å². The number of H-pyrrole nitrogens is 1. The number of aryl methyl sites for hydroxylation is 1. The molecule has 1 aromatic carbocycles. The average Bonchev–Trinajstić information content (AvgIpc) is 3.46. The van der Waals surface area contributed by atoms with Crippen molar-refractivity contribution in [2.24, 2.45) is 0 Å². The predicted molar refractivity (Wildman–Crippen MR) is 159 cm³/mol. The van der Waals surface area contributed by atoms with Gasteiger partial charge in [-0.1, -0.05) is 6.07 Å². The maximum Gasteiger partial charge on any atom is 0.238 e. The van der Waals surface area contributed by atoms with Crippen molar-refractivity contribution in [1.82, 2.24) is 29.3 Å². The van der Waals surface area contributed by atoms with Gasteiger partial charge in [0.05, 0.1) is 29.9 Å². The van der Waals surface area contributed by atoms with Crippen molar-refractivity contribution in [1.29, 1.82) is 0 Å². The molecule has 206 valence electrons. The monoisotopic (exact) mass is 594 g/mol. The summed E-state index contributed by atoms with van der Waals surface area (Å²) in [6.07, 6.45) is 1.78. The predicted octanol–water partition coefficient (Wildman–Crippen LogP) is 4.04. The van der Waals surface area contributed by atoms with Gasteiger partial charge in [-0.15, -0.1) is 0 Å². The molecule has 0 bridgehead atoms. The summed E-state index contributed by atoms with van der Waals surface area (Å²) in [4.78, 5) is 29.8. The zero-order chi connectivity index (χ0) is 27.5. The number of imidazole rings is 1. The summed E-state index contributed by atoms with van der Waals surface area (Å²) in [6.45, 7) is 9.12. The van der Waals surface area contributed by atoms with Crippen LogP contribution in [0.4, 0.5) is 11.4 Å². The molecule has 39 heavy (non-hydrogen) atoms. The molecule has 4 heterocycles. The molecule has 1 saturated heterocycles. The number of hydrogen-bond donors (Lipinski definition) is 3. The number of anilines is 2. The molecule has 5 rings (SSSR count). The van der Waals surface area contributed by atoms with Crippen LogP contribution in [0.5, 0.6) is 0 Å². The normalized spacial score (nSPS) is 14.3. The van der Waals surface area contributed by atoms with Crippen molar-refractivity contribution >= 4 is 44.4 Å². The van der Waals surface area contributed by atoms with Gasteiger partial charge in [0.2, 0.25) is 5.91 Å². The number of carbonyl (C=O) groups is 1. The zero-order valence-corrected chi connectivity index (χ0v) is 24.4. The van der Waals surface area contributed by atoms with Crippen LogP contribution in [0.25, 0.3) is 28.2 Å². The molecule has 3 N–H and O–H groups in total. The van der Waals surface area contributed by atoms with Crippen LogP contribution in [-0.4, -0.2) is 95.3 Å². The van der Waals surface area contributed by atoms with E-state index in [1.54, 1.807) is 6.20 Å². The van der Waals surface area contributed by atoms with E-state index in [1.165, 1.54) is 0 Å². The number of benzene rings is 1. The van der Waals surface area contributed by atoms with Gasteiger partial charge in [-0.25, -0.2) is 9.97 Å². The molecule has 0 aliphatic carbocycles. The first-order valence-electron chi connectivity index (χ1n) is 13.1. The quantitative estimate of drug-likeness (QED) is 0.269. The van der Waals surface area contributed by atoms with Crippen molar-refractivity contribution in [2.75, 3.05) is 70.7 Å². The number of likely N-dealkylation sites (N-methyl/N-ethyl adjacent to an activating group) is 1. The van der Waals surface area contributed by atoms with Crippen molar-refractivity contribution in [3.63, 3.8) is 0 Å². The summed E-state index contributed by atoms with van der Waals surface area (Å²) in [7, 11) is 4.11. The number of nitrogens with one attached hydrogen (secondary N) is 3. The molecular weight excluding hydrogens is 560 g/mol. The van der Waals surface area contributed by atoms with Gasteiger partial charge in [0, 0.05) is 60.7 Å². The van der Waals surface area contributed by atoms with Gasteiger partial charge in [0.25, 0.3) is 0 Å². The van der Waals surface area contributed by atoms with Gasteiger partial charge >= 0.3 is 0 Å². The van der Waals surface area contributed by atoms with E-state index in [9.17, 15) is 4.79 Å². The number of aromatic amines is 1. The third-order valence-electron chi connectivity index (χ3n) is 6.88. The molecule has 10 nitrogen and oxygen atoms in total. The Balaban J connectivity index is 1.39. The van der Waals surface area contributed by atoms with Crippen molar-refractivity contribution < 1.29 is 9.53 Å². The second-order valence-electron chi connectivity index (χ2n) is 10.1. The minimum absolute atomic E-state index is 0.0216. The molecule has 1 aliphatic heterocycles. The first-order valence-corrected chi connectivity index (χ1v) is 13.9. The SMILES string of the molecule is Cc1cc(-c2nc3ncc(Br)c(NCCN(C)C)c3[nH]2)c(C)n1-c1cccc(NC(=O)CN2CCOCC2)c1. The van der Waals surface area contributed by atoms with Crippen LogP contribution in [0, 0.1) is 13.8 Å². The Morgan fingerprint density at radius 2 is 2.00 bits per heavy atom. The van der Waals surface area contributed by atoms with E-state index in [1.807, 2.05) is 24.3 Å². The molecule has 1 amide bonds. The van der Waals surface area contributed by atoms with Crippen LogP contribution in [-0.2, 0) is 9.53 Å². The highest BCUT2D eigenvalue weighted by Crippen LogP contribution is 2.33. The lowest BCUT2D eigenvalue weighted by molar-refractivity contribution is -0.118. The Hall–Kier alpha value is -3.25. The number of pyridine rings is 1. The Morgan fingerprint density at radius 1 is 1.21 bits per heavy atom. The van der Waals surface area contributed by atoms with Crippen LogP contribution >= 0.6 is 15.9 Å². The fourth-order valence-electron chi connectivity index (χ4n) is 4.92. The fourth-order valence-corrected chi connectivity index (χ4v) is 5.36. The van der Waals surface area contributed by atoms with Gasteiger partial charge < -0.3 is 29.8 Å². The lowest BCUT2D eigenvalue weighted by Gasteiger charge is -2.25. The van der Waals surface area contributed by atoms with Gasteiger partial charge in [-0.2, -0.15) is 0 Å². The number of morpholine rings is 1. The molecule has 0 saturated carbocycles. The second kappa shape index (κ2) is 11.9. The summed E-state index contributed by atoms with van der Waals surface area (Å²) in [5.74, 6) is 0.743. The largest absolute Gasteiger partial charge is 0.381 e. The summed E-state index contributed by atoms with van der Waals surface area (Å²) >= 11 is 3.63. The summed E-state index contributed by atoms with van der Waals surface area (Å²) in [5.41, 5.74) is 7.35. The Kier molecular flexibility index (Phi) is 8.31. The van der Waals surface area contributed by atoms with E-state index in [-0.39, 0.29) is 5.91 Å². The van der Waals surface area contributed by atoms with Gasteiger partial charge in [-0.3, -0.25) is 9.69 Å². The van der Waals surface area contributed by atoms with Crippen LogP contribution < -0.4 is 10.6 Å². The summed E-state index contributed by atoms with van der Waals surface area (Å²) in [5, 5.41) is 6.56. The number of halogens is 1. The smallest absolute Gasteiger partial charge is 0.238 e. The highest BCUT2D eigenvalue weighted by atomic mass is 79.9. The summed E-state index contributed by atoms with van der Waals surface area (Å²) in [6, 6.07) is 10.1. The Bertz CT molecular complexity index is 1470. The Labute approximate surface area is 236 Å². The number of fused-ring (bicyclic) bond motifs is 1. The van der Waals surface area contributed by atoms with Crippen molar-refractivity contribution in [2.45, 2.75) is 13.8 Å². The van der Waals surface area contributed by atoms with Crippen LogP contribution in [0.15, 0.2) is 41.0 Å². The molecule has 4 aromatic rings. The maximum absolute atomic E-state index is 12.7. The van der Waals surface area contributed by atoms with Gasteiger partial charge in [-0.05, 0) is 68.1 Å². The molecule has 0 radical (unpaired) electrons. The zero-order valence-electron chi connectivity index (χ0n) is 22.8. The number of hydrogen-bond acceptors (Lipinski definition) is 7. The molecule has 11 heteroatoms. The van der Waals surface area contributed by atoms with Crippen LogP contribution in [0.3, 0.4) is 0 Å². The Morgan fingerprint density at radius 3 is 2.77 bits per heavy atom. The number of carbonyl (C=O) groups excluding carboxylic acids is 1. The maximum atomic E-state index is 12.7. The molecule has 0 atom stereocenters. The van der Waals surface area contributed by atoms with E-state index in [4.69, 9.17) is 9.72 Å². The molecule has 1 fully saturated rings. The second-order valence-corrected chi connectivity index (χ2v) is 11.0. The highest BCUT2D eigenvalue weighted by molar-refractivity contribution is 9.10. The third kappa shape index (κ3) is 6.17. The lowest BCUT2D eigenvalue weighted by atomic mass is 10.2. The van der Waals surface area contributed by atoms with E-state index in [2.05, 4.69) is 84.9 Å². The summed E-state index contributed by atoms with van der Waals surface area (Å²) < 4.78 is 8.45. The molecule has 0 unspecified atom stereocenters. The van der Waals surface area contributed by atoms with E-state index >= 15 is 0 Å². The lowest BCUT2D eigenvalue weighted by Crippen LogP contribution is -2.41. The standard InChI is InChI=1S/C28H35BrN8O2/c1-18-14-22(27-33-26-25(30-8-9-35(3)4)23(29)16-31-28(26)34-27)19(2)37(18)21-7-5-6-20(15-21)32-24(38)17-36-10-12-39-13-11-36/h5-7,14-16H,8-13,17H2,1-4H3,(H,32,38)(H2,30,31,33,34). The fraction of sp³-hybridized carbons (Fsp3) is 0.393. The van der Waals surface area contributed by atoms with E-state index < -0.39 is 0 Å². The first-order chi connectivity index (χ1) is 18.8. The topological polar surface area (TPSA) is 103 Å². The van der Waals surface area contributed by atoms with Crippen molar-refractivity contribution in [3.05, 3.63) is 52.4 Å². The van der Waals surface area contributed by atoms with Crippen molar-refractivity contribution in [3.8, 4) is 17.1 Å². The minimum Gasteiger partial charge on any atom is -0.381 e. The van der Waals surface area contributed by atoms with Gasteiger partial charge in [0.1, 0.15) is 11.3 Å². The van der Waals surface area contributed by atoms with E-state index in [0.717, 1.165) is 76.0 Å². The number of ether oxygens (including phenoxy) is 1. The number of amides is 1. The first kappa shape index (κ1) is 27.3.